The number of nitrogens with zero attached hydrogens (tertiary/aromatic N) is 1. The maximum atomic E-state index is 6.49. The standard InChI is InChI=1S/C20H24N2O.C2H6/c1-2-6-17(7-3-1)16-22-14-11-20(12-15-22)10-13-21-18-8-4-5-9-19(18)23-20;1-2/h1-9,21H,10-16H2;1-2H3. The maximum absolute atomic E-state index is 6.49. The van der Waals surface area contributed by atoms with E-state index in [0.29, 0.717) is 0 Å². The Morgan fingerprint density at radius 3 is 2.36 bits per heavy atom. The fourth-order valence-corrected chi connectivity index (χ4v) is 3.72. The highest BCUT2D eigenvalue weighted by Gasteiger charge is 2.38. The number of benzene rings is 2. The average molecular weight is 338 g/mol. The third-order valence-corrected chi connectivity index (χ3v) is 5.13. The minimum absolute atomic E-state index is 0.00674. The zero-order valence-corrected chi connectivity index (χ0v) is 15.5. The number of ether oxygens (including phenoxy) is 1. The van der Waals surface area contributed by atoms with E-state index in [2.05, 4.69) is 64.8 Å². The molecule has 0 aromatic heterocycles. The molecule has 1 saturated heterocycles. The molecule has 0 saturated carbocycles. The molecule has 3 nitrogen and oxygen atoms in total. The monoisotopic (exact) mass is 338 g/mol. The molecule has 1 N–H and O–H groups in total. The Bertz CT molecular complexity index is 648. The van der Waals surface area contributed by atoms with E-state index in [9.17, 15) is 0 Å². The Kier molecular flexibility index (Phi) is 5.98. The molecule has 2 aliphatic heterocycles. The van der Waals surface area contributed by atoms with Crippen molar-refractivity contribution in [2.24, 2.45) is 0 Å². The molecule has 3 heteroatoms. The van der Waals surface area contributed by atoms with Crippen molar-refractivity contribution < 1.29 is 4.74 Å². The summed E-state index contributed by atoms with van der Waals surface area (Å²) in [5, 5.41) is 3.51. The smallest absolute Gasteiger partial charge is 0.143 e. The maximum Gasteiger partial charge on any atom is 0.143 e. The molecule has 0 bridgehead atoms. The number of rotatable bonds is 2. The first-order valence-corrected chi connectivity index (χ1v) is 9.61. The van der Waals surface area contributed by atoms with Gasteiger partial charge in [0.2, 0.25) is 0 Å². The molecule has 0 unspecified atom stereocenters. The summed E-state index contributed by atoms with van der Waals surface area (Å²) in [5.74, 6) is 1.02. The summed E-state index contributed by atoms with van der Waals surface area (Å²) in [7, 11) is 0. The molecule has 2 aliphatic rings. The second-order valence-corrected chi connectivity index (χ2v) is 6.72. The lowest BCUT2D eigenvalue weighted by molar-refractivity contribution is -0.00185. The summed E-state index contributed by atoms with van der Waals surface area (Å²) in [5.41, 5.74) is 2.54. The van der Waals surface area contributed by atoms with Gasteiger partial charge in [0, 0.05) is 32.6 Å². The molecule has 4 rings (SSSR count). The topological polar surface area (TPSA) is 24.5 Å². The third-order valence-electron chi connectivity index (χ3n) is 5.13. The van der Waals surface area contributed by atoms with Crippen LogP contribution in [0.5, 0.6) is 5.75 Å². The molecular weight excluding hydrogens is 308 g/mol. The lowest BCUT2D eigenvalue weighted by atomic mass is 9.87. The van der Waals surface area contributed by atoms with Crippen LogP contribution in [0.3, 0.4) is 0 Å². The van der Waals surface area contributed by atoms with Gasteiger partial charge in [-0.15, -0.1) is 0 Å². The van der Waals surface area contributed by atoms with Crippen LogP contribution in [0.15, 0.2) is 54.6 Å². The molecule has 1 spiro atoms. The van der Waals surface area contributed by atoms with E-state index in [1.165, 1.54) is 5.56 Å². The first-order valence-electron chi connectivity index (χ1n) is 9.61. The number of hydrogen-bond acceptors (Lipinski definition) is 3. The van der Waals surface area contributed by atoms with Gasteiger partial charge >= 0.3 is 0 Å². The van der Waals surface area contributed by atoms with Gasteiger partial charge < -0.3 is 10.1 Å². The van der Waals surface area contributed by atoms with Crippen LogP contribution in [0.4, 0.5) is 5.69 Å². The number of piperidine rings is 1. The number of para-hydroxylation sites is 2. The highest BCUT2D eigenvalue weighted by atomic mass is 16.5. The zero-order chi connectivity index (χ0) is 17.5. The van der Waals surface area contributed by atoms with Crippen molar-refractivity contribution in [3.05, 3.63) is 60.2 Å². The molecule has 0 atom stereocenters. The van der Waals surface area contributed by atoms with Crippen LogP contribution in [-0.4, -0.2) is 30.1 Å². The Balaban J connectivity index is 0.000000880. The molecule has 1 fully saturated rings. The first-order chi connectivity index (χ1) is 12.3. The molecule has 0 radical (unpaired) electrons. The number of hydrogen-bond donors (Lipinski definition) is 1. The summed E-state index contributed by atoms with van der Waals surface area (Å²) in [6.45, 7) is 8.26. The Morgan fingerprint density at radius 2 is 1.60 bits per heavy atom. The van der Waals surface area contributed by atoms with Crippen LogP contribution < -0.4 is 10.1 Å². The molecule has 0 aliphatic carbocycles. The number of nitrogens with one attached hydrogen (secondary N) is 1. The minimum Gasteiger partial charge on any atom is -0.485 e. The van der Waals surface area contributed by atoms with Gasteiger partial charge in [0.05, 0.1) is 5.69 Å². The van der Waals surface area contributed by atoms with Crippen molar-refractivity contribution >= 4 is 5.69 Å². The number of anilines is 1. The van der Waals surface area contributed by atoms with Crippen LogP contribution in [0.25, 0.3) is 0 Å². The van der Waals surface area contributed by atoms with Crippen LogP contribution in [0.1, 0.15) is 38.7 Å². The summed E-state index contributed by atoms with van der Waals surface area (Å²) in [6.07, 6.45) is 3.30. The van der Waals surface area contributed by atoms with Gasteiger partial charge in [-0.25, -0.2) is 0 Å². The van der Waals surface area contributed by atoms with Crippen molar-refractivity contribution in [3.8, 4) is 5.75 Å². The third kappa shape index (κ3) is 4.35. The summed E-state index contributed by atoms with van der Waals surface area (Å²) < 4.78 is 6.49. The van der Waals surface area contributed by atoms with Gasteiger partial charge in [0.25, 0.3) is 0 Å². The van der Waals surface area contributed by atoms with Crippen molar-refractivity contribution in [3.63, 3.8) is 0 Å². The Hall–Kier alpha value is -2.00. The summed E-state index contributed by atoms with van der Waals surface area (Å²) in [6, 6.07) is 19.1. The fourth-order valence-electron chi connectivity index (χ4n) is 3.72. The summed E-state index contributed by atoms with van der Waals surface area (Å²) >= 11 is 0. The highest BCUT2D eigenvalue weighted by molar-refractivity contribution is 5.57. The van der Waals surface area contributed by atoms with Gasteiger partial charge in [0.15, 0.2) is 0 Å². The predicted molar refractivity (Wildman–Crippen MR) is 105 cm³/mol. The molecule has 2 heterocycles. The van der Waals surface area contributed by atoms with Crippen molar-refractivity contribution in [2.75, 3.05) is 25.0 Å². The lowest BCUT2D eigenvalue weighted by Gasteiger charge is -2.41. The van der Waals surface area contributed by atoms with E-state index in [1.807, 2.05) is 13.8 Å². The van der Waals surface area contributed by atoms with Crippen LogP contribution in [0.2, 0.25) is 0 Å². The van der Waals surface area contributed by atoms with Gasteiger partial charge in [-0.2, -0.15) is 0 Å². The lowest BCUT2D eigenvalue weighted by Crippen LogP contribution is -2.48. The van der Waals surface area contributed by atoms with Gasteiger partial charge in [-0.05, 0) is 30.5 Å². The molecule has 0 amide bonds. The SMILES string of the molecule is CC.c1ccc(CN2CCC3(CCNc4ccccc4O3)CC2)cc1. The first kappa shape index (κ1) is 17.8. The predicted octanol–water partition coefficient (Wildman–Crippen LogP) is 4.94. The molecule has 2 aromatic carbocycles. The average Bonchev–Trinajstić information content (AvgIpc) is 2.85. The van der Waals surface area contributed by atoms with Crippen molar-refractivity contribution in [1.82, 2.24) is 4.90 Å². The second kappa shape index (κ2) is 8.39. The van der Waals surface area contributed by atoms with E-state index >= 15 is 0 Å². The largest absolute Gasteiger partial charge is 0.485 e. The molecule has 2 aromatic rings. The van der Waals surface area contributed by atoms with E-state index in [1.54, 1.807) is 0 Å². The zero-order valence-electron chi connectivity index (χ0n) is 15.5. The van der Waals surface area contributed by atoms with Crippen LogP contribution in [-0.2, 0) is 6.54 Å². The van der Waals surface area contributed by atoms with Gasteiger partial charge in [-0.3, -0.25) is 4.90 Å². The van der Waals surface area contributed by atoms with E-state index in [-0.39, 0.29) is 5.60 Å². The van der Waals surface area contributed by atoms with Crippen LogP contribution in [0, 0.1) is 0 Å². The van der Waals surface area contributed by atoms with Crippen LogP contribution >= 0.6 is 0 Å². The number of fused-ring (bicyclic) bond motifs is 1. The quantitative estimate of drug-likeness (QED) is 0.839. The van der Waals surface area contributed by atoms with E-state index in [4.69, 9.17) is 4.74 Å². The second-order valence-electron chi connectivity index (χ2n) is 6.72. The van der Waals surface area contributed by atoms with Gasteiger partial charge in [-0.1, -0.05) is 56.3 Å². The van der Waals surface area contributed by atoms with Crippen molar-refractivity contribution in [1.29, 1.82) is 0 Å². The van der Waals surface area contributed by atoms with E-state index < -0.39 is 0 Å². The minimum atomic E-state index is 0.00674. The number of likely N-dealkylation sites (tertiary alicyclic amines) is 1. The summed E-state index contributed by atoms with van der Waals surface area (Å²) in [4.78, 5) is 2.55. The Morgan fingerprint density at radius 1 is 0.920 bits per heavy atom. The highest BCUT2D eigenvalue weighted by Crippen LogP contribution is 2.38. The molecular formula is C22H30N2O. The van der Waals surface area contributed by atoms with Crippen molar-refractivity contribution in [2.45, 2.75) is 45.3 Å². The molecule has 134 valence electrons. The van der Waals surface area contributed by atoms with E-state index in [0.717, 1.165) is 56.9 Å². The van der Waals surface area contributed by atoms with Gasteiger partial charge in [0.1, 0.15) is 11.4 Å². The molecule has 25 heavy (non-hydrogen) atoms. The Labute approximate surface area is 152 Å². The normalized spacial score (nSPS) is 18.8. The fraction of sp³-hybridized carbons (Fsp3) is 0.455.